The van der Waals surface area contributed by atoms with E-state index in [0.717, 1.165) is 24.4 Å². The van der Waals surface area contributed by atoms with Crippen LogP contribution in [0.5, 0.6) is 5.75 Å². The number of hydrogen-bond donors (Lipinski definition) is 1. The molecule has 0 aliphatic heterocycles. The lowest BCUT2D eigenvalue weighted by molar-refractivity contribution is 0.00542. The van der Waals surface area contributed by atoms with E-state index in [1.165, 1.54) is 0 Å². The maximum Gasteiger partial charge on any atom is 0.137 e. The highest BCUT2D eigenvalue weighted by Crippen LogP contribution is 2.15. The van der Waals surface area contributed by atoms with Gasteiger partial charge in [0, 0.05) is 25.6 Å². The number of hydrogen-bond acceptors (Lipinski definition) is 4. The Balaban J connectivity index is 2.39. The molecule has 20 heavy (non-hydrogen) atoms. The fraction of sp³-hybridized carbons (Fsp3) is 0.688. The molecule has 0 unspecified atom stereocenters. The monoisotopic (exact) mass is 280 g/mol. The van der Waals surface area contributed by atoms with E-state index in [4.69, 9.17) is 9.47 Å². The van der Waals surface area contributed by atoms with Gasteiger partial charge >= 0.3 is 0 Å². The van der Waals surface area contributed by atoms with Crippen LogP contribution >= 0.6 is 0 Å². The van der Waals surface area contributed by atoms with E-state index in [1.54, 1.807) is 13.3 Å². The van der Waals surface area contributed by atoms with Crippen LogP contribution in [0.3, 0.4) is 0 Å². The van der Waals surface area contributed by atoms with Crippen molar-refractivity contribution in [3.05, 3.63) is 24.0 Å². The van der Waals surface area contributed by atoms with Gasteiger partial charge < -0.3 is 14.8 Å². The van der Waals surface area contributed by atoms with Gasteiger partial charge in [-0.15, -0.1) is 0 Å². The van der Waals surface area contributed by atoms with Crippen LogP contribution in [0.15, 0.2) is 18.3 Å². The minimum atomic E-state index is -0.149. The SMILES string of the molecule is COC(C)(C)CCOc1ccc(CNC(C)(C)C)nc1. The average molecular weight is 280 g/mol. The Morgan fingerprint density at radius 2 is 1.85 bits per heavy atom. The van der Waals surface area contributed by atoms with Crippen LogP contribution in [-0.4, -0.2) is 29.8 Å². The van der Waals surface area contributed by atoms with Crippen LogP contribution in [0.4, 0.5) is 0 Å². The van der Waals surface area contributed by atoms with Gasteiger partial charge in [0.1, 0.15) is 5.75 Å². The minimum Gasteiger partial charge on any atom is -0.492 e. The molecule has 0 saturated heterocycles. The summed E-state index contributed by atoms with van der Waals surface area (Å²) in [4.78, 5) is 4.40. The van der Waals surface area contributed by atoms with Crippen molar-refractivity contribution in [1.29, 1.82) is 0 Å². The molecule has 1 heterocycles. The molecule has 1 aromatic heterocycles. The third-order valence-electron chi connectivity index (χ3n) is 3.12. The first-order valence-corrected chi connectivity index (χ1v) is 7.10. The van der Waals surface area contributed by atoms with E-state index in [-0.39, 0.29) is 11.1 Å². The Labute approximate surface area is 122 Å². The van der Waals surface area contributed by atoms with Crippen molar-refractivity contribution in [3.8, 4) is 5.75 Å². The van der Waals surface area contributed by atoms with E-state index < -0.39 is 0 Å². The van der Waals surface area contributed by atoms with Crippen molar-refractivity contribution >= 4 is 0 Å². The first-order chi connectivity index (χ1) is 9.22. The minimum absolute atomic E-state index is 0.0998. The second-order valence-corrected chi connectivity index (χ2v) is 6.65. The van der Waals surface area contributed by atoms with E-state index >= 15 is 0 Å². The molecule has 0 amide bonds. The highest BCUT2D eigenvalue weighted by Gasteiger charge is 2.16. The molecule has 0 aromatic carbocycles. The lowest BCUT2D eigenvalue weighted by Crippen LogP contribution is -2.35. The van der Waals surface area contributed by atoms with Crippen molar-refractivity contribution in [3.63, 3.8) is 0 Å². The van der Waals surface area contributed by atoms with Crippen LogP contribution in [0, 0.1) is 0 Å². The smallest absolute Gasteiger partial charge is 0.137 e. The second kappa shape index (κ2) is 7.04. The van der Waals surface area contributed by atoms with E-state index in [9.17, 15) is 0 Å². The van der Waals surface area contributed by atoms with Gasteiger partial charge in [0.25, 0.3) is 0 Å². The Bertz CT molecular complexity index is 394. The van der Waals surface area contributed by atoms with Crippen molar-refractivity contribution in [2.45, 2.75) is 58.7 Å². The number of aromatic nitrogens is 1. The summed E-state index contributed by atoms with van der Waals surface area (Å²) in [5, 5.41) is 3.41. The van der Waals surface area contributed by atoms with Gasteiger partial charge in [-0.2, -0.15) is 0 Å². The summed E-state index contributed by atoms with van der Waals surface area (Å²) in [6.45, 7) is 11.9. The molecule has 0 bridgehead atoms. The molecule has 114 valence electrons. The van der Waals surface area contributed by atoms with E-state index in [0.29, 0.717) is 6.61 Å². The van der Waals surface area contributed by atoms with Gasteiger partial charge in [0.15, 0.2) is 0 Å². The third-order valence-corrected chi connectivity index (χ3v) is 3.12. The Hall–Kier alpha value is -1.13. The lowest BCUT2D eigenvalue weighted by atomic mass is 10.1. The number of pyridine rings is 1. The van der Waals surface area contributed by atoms with Crippen LogP contribution in [0.1, 0.15) is 46.7 Å². The third kappa shape index (κ3) is 6.87. The van der Waals surface area contributed by atoms with Gasteiger partial charge in [0.2, 0.25) is 0 Å². The Morgan fingerprint density at radius 3 is 2.35 bits per heavy atom. The zero-order chi connectivity index (χ0) is 15.2. The average Bonchev–Trinajstić information content (AvgIpc) is 2.37. The molecule has 0 radical (unpaired) electrons. The summed E-state index contributed by atoms with van der Waals surface area (Å²) in [6, 6.07) is 3.96. The van der Waals surface area contributed by atoms with Gasteiger partial charge in [-0.25, -0.2) is 0 Å². The van der Waals surface area contributed by atoms with Gasteiger partial charge in [0.05, 0.1) is 24.1 Å². The lowest BCUT2D eigenvalue weighted by Gasteiger charge is -2.22. The maximum absolute atomic E-state index is 5.68. The zero-order valence-electron chi connectivity index (χ0n) is 13.6. The molecule has 0 aliphatic carbocycles. The van der Waals surface area contributed by atoms with E-state index in [2.05, 4.69) is 44.9 Å². The first-order valence-electron chi connectivity index (χ1n) is 7.10. The van der Waals surface area contributed by atoms with Crippen LogP contribution in [0.25, 0.3) is 0 Å². The molecular weight excluding hydrogens is 252 g/mol. The summed E-state index contributed by atoms with van der Waals surface area (Å²) in [5.74, 6) is 0.802. The van der Waals surface area contributed by atoms with Crippen LogP contribution in [0.2, 0.25) is 0 Å². The standard InChI is InChI=1S/C16H28N2O2/c1-15(2,3)18-11-13-7-8-14(12-17-13)20-10-9-16(4,5)19-6/h7-8,12,18H,9-11H2,1-6H3. The number of ether oxygens (including phenoxy) is 2. The quantitative estimate of drug-likeness (QED) is 0.833. The first kappa shape index (κ1) is 16.9. The molecule has 0 saturated carbocycles. The van der Waals surface area contributed by atoms with Gasteiger partial charge in [-0.05, 0) is 46.8 Å². The fourth-order valence-electron chi connectivity index (χ4n) is 1.47. The molecule has 1 aromatic rings. The van der Waals surface area contributed by atoms with Crippen molar-refractivity contribution in [2.24, 2.45) is 0 Å². The highest BCUT2D eigenvalue weighted by molar-refractivity contribution is 5.19. The predicted molar refractivity (Wildman–Crippen MR) is 82.0 cm³/mol. The second-order valence-electron chi connectivity index (χ2n) is 6.65. The summed E-state index contributed by atoms with van der Waals surface area (Å²) >= 11 is 0. The molecule has 1 rings (SSSR count). The molecule has 0 fully saturated rings. The summed E-state index contributed by atoms with van der Waals surface area (Å²) in [5.41, 5.74) is 0.969. The number of nitrogens with one attached hydrogen (secondary N) is 1. The maximum atomic E-state index is 5.68. The number of nitrogens with zero attached hydrogens (tertiary/aromatic N) is 1. The molecular formula is C16H28N2O2. The van der Waals surface area contributed by atoms with Gasteiger partial charge in [-0.1, -0.05) is 0 Å². The summed E-state index contributed by atoms with van der Waals surface area (Å²) in [6.07, 6.45) is 2.62. The van der Waals surface area contributed by atoms with Crippen LogP contribution in [-0.2, 0) is 11.3 Å². The normalized spacial score (nSPS) is 12.5. The largest absolute Gasteiger partial charge is 0.492 e. The van der Waals surface area contributed by atoms with Crippen molar-refractivity contribution in [1.82, 2.24) is 10.3 Å². The van der Waals surface area contributed by atoms with E-state index in [1.807, 2.05) is 12.1 Å². The van der Waals surface area contributed by atoms with Crippen molar-refractivity contribution in [2.75, 3.05) is 13.7 Å². The molecule has 0 atom stereocenters. The fourth-order valence-corrected chi connectivity index (χ4v) is 1.47. The van der Waals surface area contributed by atoms with Gasteiger partial charge in [-0.3, -0.25) is 4.98 Å². The molecule has 0 spiro atoms. The molecule has 4 nitrogen and oxygen atoms in total. The Kier molecular flexibility index (Phi) is 5.96. The number of rotatable bonds is 7. The summed E-state index contributed by atoms with van der Waals surface area (Å²) in [7, 11) is 1.72. The topological polar surface area (TPSA) is 43.4 Å². The highest BCUT2D eigenvalue weighted by atomic mass is 16.5. The predicted octanol–water partition coefficient (Wildman–Crippen LogP) is 3.16. The molecule has 0 aliphatic rings. The molecule has 1 N–H and O–H groups in total. The Morgan fingerprint density at radius 1 is 1.15 bits per heavy atom. The molecule has 4 heteroatoms. The van der Waals surface area contributed by atoms with Crippen LogP contribution < -0.4 is 10.1 Å². The zero-order valence-corrected chi connectivity index (χ0v) is 13.6. The number of methoxy groups -OCH3 is 1. The van der Waals surface area contributed by atoms with Crippen molar-refractivity contribution < 1.29 is 9.47 Å². The summed E-state index contributed by atoms with van der Waals surface area (Å²) < 4.78 is 11.0.